The van der Waals surface area contributed by atoms with Crippen LogP contribution in [-0.2, 0) is 25.6 Å². The van der Waals surface area contributed by atoms with E-state index in [0.717, 1.165) is 44.5 Å². The standard InChI is InChI=1S/C18H26N2O4/c1-22-13-17(21)20-7-4-18(5-8-20)9-16(24-14-18)12-23-11-15-3-2-6-19-10-15/h2-3,6,10,16H,4-5,7-9,11-14H2,1H3. The van der Waals surface area contributed by atoms with Crippen LogP contribution in [0.3, 0.4) is 0 Å². The maximum absolute atomic E-state index is 11.9. The highest BCUT2D eigenvalue weighted by Crippen LogP contribution is 2.42. The maximum atomic E-state index is 11.9. The predicted octanol–water partition coefficient (Wildman–Crippen LogP) is 1.64. The van der Waals surface area contributed by atoms with Crippen LogP contribution >= 0.6 is 0 Å². The van der Waals surface area contributed by atoms with Gasteiger partial charge in [0.1, 0.15) is 6.61 Å². The molecule has 132 valence electrons. The van der Waals surface area contributed by atoms with Crippen molar-refractivity contribution >= 4 is 5.91 Å². The molecule has 0 bridgehead atoms. The van der Waals surface area contributed by atoms with Crippen LogP contribution in [0, 0.1) is 5.41 Å². The fourth-order valence-electron chi connectivity index (χ4n) is 3.59. The van der Waals surface area contributed by atoms with E-state index in [0.29, 0.717) is 13.2 Å². The molecule has 6 nitrogen and oxygen atoms in total. The highest BCUT2D eigenvalue weighted by Gasteiger charge is 2.43. The number of likely N-dealkylation sites (tertiary alicyclic amines) is 1. The van der Waals surface area contributed by atoms with Crippen molar-refractivity contribution in [2.45, 2.75) is 32.0 Å². The largest absolute Gasteiger partial charge is 0.375 e. The summed E-state index contributed by atoms with van der Waals surface area (Å²) in [6.45, 7) is 3.74. The van der Waals surface area contributed by atoms with Crippen molar-refractivity contribution in [3.8, 4) is 0 Å². The van der Waals surface area contributed by atoms with Gasteiger partial charge in [-0.15, -0.1) is 0 Å². The molecule has 3 heterocycles. The Bertz CT molecular complexity index is 529. The number of nitrogens with zero attached hydrogens (tertiary/aromatic N) is 2. The predicted molar refractivity (Wildman–Crippen MR) is 88.4 cm³/mol. The number of rotatable bonds is 6. The number of methoxy groups -OCH3 is 1. The molecule has 1 unspecified atom stereocenters. The van der Waals surface area contributed by atoms with E-state index in [1.54, 1.807) is 13.3 Å². The molecule has 6 heteroatoms. The van der Waals surface area contributed by atoms with E-state index in [2.05, 4.69) is 4.98 Å². The maximum Gasteiger partial charge on any atom is 0.248 e. The summed E-state index contributed by atoms with van der Waals surface area (Å²) in [5.74, 6) is 0.0858. The van der Waals surface area contributed by atoms with Crippen molar-refractivity contribution < 1.29 is 19.0 Å². The third kappa shape index (κ3) is 4.32. The Morgan fingerprint density at radius 1 is 1.46 bits per heavy atom. The molecule has 3 rings (SSSR count). The van der Waals surface area contributed by atoms with Crippen molar-refractivity contribution in [2.75, 3.05) is 40.0 Å². The van der Waals surface area contributed by atoms with Crippen molar-refractivity contribution in [2.24, 2.45) is 5.41 Å². The Kier molecular flexibility index (Phi) is 5.81. The number of hydrogen-bond donors (Lipinski definition) is 0. The van der Waals surface area contributed by atoms with Crippen LogP contribution in [0.5, 0.6) is 0 Å². The van der Waals surface area contributed by atoms with Gasteiger partial charge in [0.05, 0.1) is 25.9 Å². The Morgan fingerprint density at radius 2 is 2.29 bits per heavy atom. The van der Waals surface area contributed by atoms with Crippen molar-refractivity contribution in [3.63, 3.8) is 0 Å². The molecule has 2 aliphatic heterocycles. The number of hydrogen-bond acceptors (Lipinski definition) is 5. The van der Waals surface area contributed by atoms with Gasteiger partial charge in [0, 0.05) is 32.6 Å². The van der Waals surface area contributed by atoms with Crippen molar-refractivity contribution in [3.05, 3.63) is 30.1 Å². The molecule has 0 aliphatic carbocycles. The van der Waals surface area contributed by atoms with Crippen LogP contribution in [-0.4, -0.2) is 61.9 Å². The molecule has 1 atom stereocenters. The molecular formula is C18H26N2O4. The van der Waals surface area contributed by atoms with Gasteiger partial charge in [0.25, 0.3) is 0 Å². The van der Waals surface area contributed by atoms with Crippen LogP contribution in [0.4, 0.5) is 0 Å². The highest BCUT2D eigenvalue weighted by molar-refractivity contribution is 5.77. The summed E-state index contributed by atoms with van der Waals surface area (Å²) < 4.78 is 16.7. The molecule has 2 saturated heterocycles. The number of pyridine rings is 1. The zero-order valence-electron chi connectivity index (χ0n) is 14.3. The first-order valence-electron chi connectivity index (χ1n) is 8.56. The summed E-state index contributed by atoms with van der Waals surface area (Å²) in [6.07, 6.45) is 6.76. The molecule has 1 amide bonds. The minimum absolute atomic E-state index is 0.0858. The molecular weight excluding hydrogens is 308 g/mol. The SMILES string of the molecule is COCC(=O)N1CCC2(CC1)COC(COCc1cccnc1)C2. The fraction of sp³-hybridized carbons (Fsp3) is 0.667. The summed E-state index contributed by atoms with van der Waals surface area (Å²) >= 11 is 0. The third-order valence-corrected chi connectivity index (χ3v) is 5.03. The Labute approximate surface area is 143 Å². The van der Waals surface area contributed by atoms with Gasteiger partial charge in [0.15, 0.2) is 0 Å². The van der Waals surface area contributed by atoms with Crippen LogP contribution in [0.1, 0.15) is 24.8 Å². The van der Waals surface area contributed by atoms with E-state index in [9.17, 15) is 4.79 Å². The molecule has 24 heavy (non-hydrogen) atoms. The van der Waals surface area contributed by atoms with Gasteiger partial charge in [-0.05, 0) is 36.3 Å². The first kappa shape index (κ1) is 17.3. The summed E-state index contributed by atoms with van der Waals surface area (Å²) in [5, 5.41) is 0. The van der Waals surface area contributed by atoms with Crippen molar-refractivity contribution in [1.29, 1.82) is 0 Å². The Morgan fingerprint density at radius 3 is 3.00 bits per heavy atom. The molecule has 2 fully saturated rings. The lowest BCUT2D eigenvalue weighted by Crippen LogP contribution is -2.44. The van der Waals surface area contributed by atoms with E-state index in [4.69, 9.17) is 14.2 Å². The van der Waals surface area contributed by atoms with Gasteiger partial charge in [-0.3, -0.25) is 9.78 Å². The third-order valence-electron chi connectivity index (χ3n) is 5.03. The summed E-state index contributed by atoms with van der Waals surface area (Å²) in [5.41, 5.74) is 1.29. The number of amides is 1. The molecule has 1 aromatic rings. The van der Waals surface area contributed by atoms with Crippen LogP contribution < -0.4 is 0 Å². The van der Waals surface area contributed by atoms with E-state index >= 15 is 0 Å². The second-order valence-electron chi connectivity index (χ2n) is 6.83. The second kappa shape index (κ2) is 8.05. The molecule has 1 spiro atoms. The minimum atomic E-state index is 0.0858. The fourth-order valence-corrected chi connectivity index (χ4v) is 3.59. The highest BCUT2D eigenvalue weighted by atomic mass is 16.5. The van der Waals surface area contributed by atoms with Crippen LogP contribution in [0.2, 0.25) is 0 Å². The lowest BCUT2D eigenvalue weighted by molar-refractivity contribution is -0.137. The number of carbonyl (C=O) groups is 1. The second-order valence-corrected chi connectivity index (χ2v) is 6.83. The average Bonchev–Trinajstić information content (AvgIpc) is 2.99. The van der Waals surface area contributed by atoms with E-state index in [1.165, 1.54) is 0 Å². The zero-order chi connectivity index (χ0) is 16.8. The van der Waals surface area contributed by atoms with Gasteiger partial charge >= 0.3 is 0 Å². The first-order chi connectivity index (χ1) is 11.7. The summed E-state index contributed by atoms with van der Waals surface area (Å²) in [4.78, 5) is 17.9. The molecule has 0 saturated carbocycles. The molecule has 0 N–H and O–H groups in total. The quantitative estimate of drug-likeness (QED) is 0.791. The number of aromatic nitrogens is 1. The summed E-state index contributed by atoms with van der Waals surface area (Å²) in [6, 6.07) is 3.93. The smallest absolute Gasteiger partial charge is 0.248 e. The number of piperidine rings is 1. The van der Waals surface area contributed by atoms with E-state index < -0.39 is 0 Å². The zero-order valence-corrected chi connectivity index (χ0v) is 14.3. The Hall–Kier alpha value is -1.50. The van der Waals surface area contributed by atoms with Gasteiger partial charge in [-0.25, -0.2) is 0 Å². The number of ether oxygens (including phenoxy) is 3. The summed E-state index contributed by atoms with van der Waals surface area (Å²) in [7, 11) is 1.56. The average molecular weight is 334 g/mol. The van der Waals surface area contributed by atoms with E-state index in [-0.39, 0.29) is 24.0 Å². The lowest BCUT2D eigenvalue weighted by Gasteiger charge is -2.38. The number of carbonyl (C=O) groups excluding carboxylic acids is 1. The van der Waals surface area contributed by atoms with Gasteiger partial charge in [-0.1, -0.05) is 6.07 Å². The van der Waals surface area contributed by atoms with Gasteiger partial charge in [0.2, 0.25) is 5.91 Å². The van der Waals surface area contributed by atoms with Gasteiger partial charge in [-0.2, -0.15) is 0 Å². The minimum Gasteiger partial charge on any atom is -0.375 e. The molecule has 1 aromatic heterocycles. The van der Waals surface area contributed by atoms with E-state index in [1.807, 2.05) is 23.2 Å². The Balaban J connectivity index is 1.40. The molecule has 0 aromatic carbocycles. The van der Waals surface area contributed by atoms with Crippen molar-refractivity contribution in [1.82, 2.24) is 9.88 Å². The monoisotopic (exact) mass is 334 g/mol. The van der Waals surface area contributed by atoms with Crippen LogP contribution in [0.25, 0.3) is 0 Å². The normalized spacial score (nSPS) is 22.9. The van der Waals surface area contributed by atoms with Gasteiger partial charge < -0.3 is 19.1 Å². The first-order valence-corrected chi connectivity index (χ1v) is 8.56. The van der Waals surface area contributed by atoms with Crippen LogP contribution in [0.15, 0.2) is 24.5 Å². The molecule has 2 aliphatic rings. The lowest BCUT2D eigenvalue weighted by atomic mass is 9.76. The topological polar surface area (TPSA) is 60.9 Å². The molecule has 0 radical (unpaired) electrons.